The molecule has 2 N–H and O–H groups in total. The van der Waals surface area contributed by atoms with Crippen molar-refractivity contribution >= 4 is 0 Å². The maximum Gasteiger partial charge on any atom is 0.116 e. The number of aliphatic hydroxyl groups is 2. The molecule has 0 radical (unpaired) electrons. The minimum Gasteiger partial charge on any atom is -0.392 e. The Hall–Kier alpha value is -0.420. The van der Waals surface area contributed by atoms with Gasteiger partial charge in [0.15, 0.2) is 0 Å². The van der Waals surface area contributed by atoms with Crippen molar-refractivity contribution in [3.8, 4) is 0 Å². The second-order valence-corrected chi connectivity index (χ2v) is 10.9. The Bertz CT molecular complexity index is 739. The van der Waals surface area contributed by atoms with Gasteiger partial charge in [0, 0.05) is 28.2 Å². The summed E-state index contributed by atoms with van der Waals surface area (Å²) in [5.41, 5.74) is 1.28. The lowest BCUT2D eigenvalue weighted by Crippen LogP contribution is -2.78. The molecule has 4 nitrogen and oxygen atoms in total. The van der Waals surface area contributed by atoms with Gasteiger partial charge in [0.2, 0.25) is 0 Å². The number of ether oxygens (including phenoxy) is 1. The van der Waals surface area contributed by atoms with Gasteiger partial charge < -0.3 is 14.9 Å². The average molecular weight is 357 g/mol. The fourth-order valence-corrected chi connectivity index (χ4v) is 10.5. The lowest BCUT2D eigenvalue weighted by atomic mass is 9.41. The van der Waals surface area contributed by atoms with Gasteiger partial charge in [0.05, 0.1) is 18.3 Å². The second kappa shape index (κ2) is 4.12. The second-order valence-electron chi connectivity index (χ2n) is 10.9. The van der Waals surface area contributed by atoms with Gasteiger partial charge in [-0.05, 0) is 62.0 Å². The van der Waals surface area contributed by atoms with Gasteiger partial charge in [-0.3, -0.25) is 4.90 Å². The molecule has 0 amide bonds. The van der Waals surface area contributed by atoms with E-state index in [2.05, 4.69) is 25.3 Å². The van der Waals surface area contributed by atoms with E-state index < -0.39 is 6.10 Å². The number of rotatable bonds is 1. The van der Waals surface area contributed by atoms with E-state index >= 15 is 0 Å². The molecule has 2 spiro atoms. The van der Waals surface area contributed by atoms with Crippen molar-refractivity contribution in [2.45, 2.75) is 76.5 Å². The van der Waals surface area contributed by atoms with Crippen LogP contribution in [0.25, 0.3) is 0 Å². The summed E-state index contributed by atoms with van der Waals surface area (Å²) in [5.74, 6) is 1.77. The Morgan fingerprint density at radius 1 is 1.27 bits per heavy atom. The lowest BCUT2D eigenvalue weighted by molar-refractivity contribution is -0.372. The van der Waals surface area contributed by atoms with Crippen LogP contribution in [0.2, 0.25) is 0 Å². The molecule has 9 bridgehead atoms. The van der Waals surface area contributed by atoms with Crippen LogP contribution in [0.3, 0.4) is 0 Å². The predicted molar refractivity (Wildman–Crippen MR) is 96.0 cm³/mol. The van der Waals surface area contributed by atoms with Gasteiger partial charge in [-0.1, -0.05) is 20.4 Å². The largest absolute Gasteiger partial charge is 0.392 e. The fraction of sp³-hybridized carbons (Fsp3) is 0.909. The summed E-state index contributed by atoms with van der Waals surface area (Å²) in [7, 11) is 0. The SMILES string of the molecule is C=C1[C@H]2CC3([C@@H]1O)[C@@H](C[C@@H]2O)[C@]12C4C[C@H]3[C@@H]1N(CC)[C@H]1O[C@@H]2CC[C@@]41C. The van der Waals surface area contributed by atoms with Crippen molar-refractivity contribution < 1.29 is 14.9 Å². The summed E-state index contributed by atoms with van der Waals surface area (Å²) < 4.78 is 6.78. The molecule has 0 aromatic carbocycles. The Morgan fingerprint density at radius 2 is 2.08 bits per heavy atom. The molecule has 0 aromatic rings. The van der Waals surface area contributed by atoms with E-state index in [0.29, 0.717) is 29.9 Å². The molecule has 4 heteroatoms. The zero-order chi connectivity index (χ0) is 17.8. The van der Waals surface area contributed by atoms with Gasteiger partial charge in [0.1, 0.15) is 6.23 Å². The zero-order valence-electron chi connectivity index (χ0n) is 15.9. The topological polar surface area (TPSA) is 52.9 Å². The number of hydrogen-bond donors (Lipinski definition) is 2. The first-order chi connectivity index (χ1) is 12.4. The number of piperidine rings is 1. The summed E-state index contributed by atoms with van der Waals surface area (Å²) in [6, 6.07) is 0.547. The molecule has 4 saturated heterocycles. The predicted octanol–water partition coefficient (Wildman–Crippen LogP) is 2.16. The van der Waals surface area contributed by atoms with E-state index in [4.69, 9.17) is 4.74 Å². The molecule has 9 rings (SSSR count). The first-order valence-corrected chi connectivity index (χ1v) is 10.9. The van der Waals surface area contributed by atoms with E-state index in [1.165, 1.54) is 19.3 Å². The molecular formula is C22H31NO3. The van der Waals surface area contributed by atoms with Crippen molar-refractivity contribution in [3.63, 3.8) is 0 Å². The maximum absolute atomic E-state index is 11.4. The van der Waals surface area contributed by atoms with Crippen LogP contribution in [0.15, 0.2) is 12.2 Å². The normalized spacial score (nSPS) is 69.5. The summed E-state index contributed by atoms with van der Waals surface area (Å²) >= 11 is 0. The molecular weight excluding hydrogens is 326 g/mol. The van der Waals surface area contributed by atoms with Crippen LogP contribution in [-0.4, -0.2) is 52.2 Å². The highest BCUT2D eigenvalue weighted by Gasteiger charge is 2.88. The Morgan fingerprint density at radius 3 is 2.85 bits per heavy atom. The van der Waals surface area contributed by atoms with Crippen LogP contribution in [0.5, 0.6) is 0 Å². The molecule has 142 valence electrons. The van der Waals surface area contributed by atoms with Crippen molar-refractivity contribution in [2.24, 2.45) is 39.9 Å². The smallest absolute Gasteiger partial charge is 0.116 e. The summed E-state index contributed by atoms with van der Waals surface area (Å²) in [6.07, 6.45) is 5.38. The van der Waals surface area contributed by atoms with Gasteiger partial charge in [-0.2, -0.15) is 0 Å². The number of hydrogen-bond acceptors (Lipinski definition) is 4. The van der Waals surface area contributed by atoms with Crippen LogP contribution in [0.4, 0.5) is 0 Å². The van der Waals surface area contributed by atoms with Crippen molar-refractivity contribution in [2.75, 3.05) is 6.54 Å². The first kappa shape index (κ1) is 15.5. The van der Waals surface area contributed by atoms with Crippen LogP contribution >= 0.6 is 0 Å². The quantitative estimate of drug-likeness (QED) is 0.706. The summed E-state index contributed by atoms with van der Waals surface area (Å²) in [5, 5.41) is 22.4. The van der Waals surface area contributed by atoms with E-state index in [1.807, 2.05) is 0 Å². The van der Waals surface area contributed by atoms with Crippen LogP contribution < -0.4 is 0 Å². The van der Waals surface area contributed by atoms with Crippen LogP contribution in [-0.2, 0) is 4.74 Å². The molecule has 0 aromatic heterocycles. The van der Waals surface area contributed by atoms with Crippen molar-refractivity contribution in [1.29, 1.82) is 0 Å². The van der Waals surface area contributed by atoms with Crippen LogP contribution in [0, 0.1) is 39.9 Å². The lowest BCUT2D eigenvalue weighted by Gasteiger charge is -2.73. The van der Waals surface area contributed by atoms with Crippen LogP contribution in [0.1, 0.15) is 46.0 Å². The Labute approximate surface area is 155 Å². The number of nitrogens with zero attached hydrogens (tertiary/aromatic N) is 1. The van der Waals surface area contributed by atoms with E-state index in [9.17, 15) is 10.2 Å². The molecule has 9 aliphatic rings. The number of aliphatic hydroxyl groups excluding tert-OH is 2. The number of fused-ring (bicyclic) bond motifs is 2. The fourth-order valence-electron chi connectivity index (χ4n) is 10.5. The molecule has 5 saturated carbocycles. The minimum absolute atomic E-state index is 0.0470. The third kappa shape index (κ3) is 1.14. The summed E-state index contributed by atoms with van der Waals surface area (Å²) in [4.78, 5) is 2.69. The molecule has 4 heterocycles. The highest BCUT2D eigenvalue weighted by Crippen LogP contribution is 2.86. The van der Waals surface area contributed by atoms with E-state index in [-0.39, 0.29) is 34.5 Å². The minimum atomic E-state index is -0.426. The third-order valence-corrected chi connectivity index (χ3v) is 11.0. The molecule has 26 heavy (non-hydrogen) atoms. The van der Waals surface area contributed by atoms with Gasteiger partial charge in [-0.15, -0.1) is 0 Å². The first-order valence-electron chi connectivity index (χ1n) is 10.9. The third-order valence-electron chi connectivity index (χ3n) is 11.0. The zero-order valence-corrected chi connectivity index (χ0v) is 15.9. The highest BCUT2D eigenvalue weighted by molar-refractivity contribution is 5.40. The molecule has 9 fully saturated rings. The Balaban J connectivity index is 1.51. The van der Waals surface area contributed by atoms with Crippen molar-refractivity contribution in [3.05, 3.63) is 12.2 Å². The standard InChI is InChI=1S/C22H31NO3/c1-4-23-17-12-7-14-20(3)6-5-16(26-19(20)23)22(14,17)15-8-13(24)11-9-21(12,15)18(25)10(11)2/h11-19,24-25H,2,4-9H2,1,3H3/t11-,12+,13+,14?,15-,16-,17+,18-,19+,20+,21?,22+/m1/s1. The van der Waals surface area contributed by atoms with E-state index in [0.717, 1.165) is 25.0 Å². The average Bonchev–Trinajstić information content (AvgIpc) is 3.17. The summed E-state index contributed by atoms with van der Waals surface area (Å²) in [6.45, 7) is 10.1. The van der Waals surface area contributed by atoms with E-state index in [1.54, 1.807) is 0 Å². The Kier molecular flexibility index (Phi) is 2.46. The van der Waals surface area contributed by atoms with Crippen molar-refractivity contribution in [1.82, 2.24) is 4.90 Å². The monoisotopic (exact) mass is 357 g/mol. The highest BCUT2D eigenvalue weighted by atomic mass is 16.5. The molecule has 12 atom stereocenters. The maximum atomic E-state index is 11.4. The molecule has 2 unspecified atom stereocenters. The van der Waals surface area contributed by atoms with Gasteiger partial charge in [-0.25, -0.2) is 0 Å². The molecule has 5 aliphatic carbocycles. The molecule has 4 aliphatic heterocycles. The van der Waals surface area contributed by atoms with Gasteiger partial charge in [0.25, 0.3) is 0 Å². The van der Waals surface area contributed by atoms with Gasteiger partial charge >= 0.3 is 0 Å².